The molecule has 6 heteroatoms. The zero-order valence-electron chi connectivity index (χ0n) is 5.90. The van der Waals surface area contributed by atoms with Crippen molar-refractivity contribution in [2.75, 3.05) is 14.2 Å². The van der Waals surface area contributed by atoms with Crippen LogP contribution >= 0.6 is 0 Å². The van der Waals surface area contributed by atoms with Crippen LogP contribution in [0.3, 0.4) is 0 Å². The Kier molecular flexibility index (Phi) is 9.69. The molecule has 0 aromatic rings. The minimum Gasteiger partial charge on any atom is -0.352 e. The molecule has 62 valence electrons. The first-order valence-electron chi connectivity index (χ1n) is 2.33. The van der Waals surface area contributed by atoms with Gasteiger partial charge in [0.25, 0.3) is 6.48 Å². The topological polar surface area (TPSA) is 108 Å². The number of hydrogen-bond acceptors (Lipinski definition) is 4. The van der Waals surface area contributed by atoms with Crippen LogP contribution < -0.4 is 11.5 Å². The predicted molar refractivity (Wildman–Crippen MR) is 33.8 cm³/mol. The van der Waals surface area contributed by atoms with Crippen LogP contribution in [0.4, 0.5) is 4.79 Å². The van der Waals surface area contributed by atoms with Gasteiger partial charge in [0.15, 0.2) is 0 Å². The number of carbonyl (C=O) groups is 1. The summed E-state index contributed by atoms with van der Waals surface area (Å²) in [4.78, 5) is 9.00. The molecule has 0 saturated heterocycles. The number of nitrogens with two attached hydrogens (primary N) is 2. The lowest BCUT2D eigenvalue weighted by Crippen LogP contribution is -2.18. The fraction of sp³-hybridized carbons (Fsp3) is 0.750. The van der Waals surface area contributed by atoms with E-state index in [0.717, 1.165) is 0 Å². The summed E-state index contributed by atoms with van der Waals surface area (Å²) < 4.78 is 8.47. The molecular weight excluding hydrogens is 140 g/mol. The first kappa shape index (κ1) is 11.9. The predicted octanol–water partition coefficient (Wildman–Crippen LogP) is -1.42. The molecule has 0 bridgehead atoms. The van der Waals surface area contributed by atoms with Crippen LogP contribution in [0.2, 0.25) is 0 Å². The fourth-order valence-corrected chi connectivity index (χ4v) is 0.0962. The Morgan fingerprint density at radius 2 is 1.60 bits per heavy atom. The van der Waals surface area contributed by atoms with Gasteiger partial charge in [0, 0.05) is 14.2 Å². The second kappa shape index (κ2) is 8.15. The molecule has 0 aromatic heterocycles. The molecule has 0 aliphatic heterocycles. The molecule has 0 atom stereocenters. The van der Waals surface area contributed by atoms with Crippen molar-refractivity contribution in [1.29, 1.82) is 0 Å². The Bertz CT molecular complexity index is 79.3. The molecule has 0 unspecified atom stereocenters. The molecule has 0 spiro atoms. The van der Waals surface area contributed by atoms with Gasteiger partial charge in [-0.15, -0.1) is 0 Å². The summed E-state index contributed by atoms with van der Waals surface area (Å²) in [6, 6.07) is -0.833. The second-order valence-electron chi connectivity index (χ2n) is 1.18. The average molecular weight is 152 g/mol. The maximum atomic E-state index is 9.00. The van der Waals surface area contributed by atoms with Crippen LogP contribution in [-0.2, 0) is 9.47 Å². The van der Waals surface area contributed by atoms with Gasteiger partial charge in [-0.3, -0.25) is 0 Å². The molecule has 0 saturated carbocycles. The monoisotopic (exact) mass is 152 g/mol. The highest BCUT2D eigenvalue weighted by Gasteiger charge is 1.90. The van der Waals surface area contributed by atoms with Crippen molar-refractivity contribution in [2.24, 2.45) is 11.5 Å². The van der Waals surface area contributed by atoms with Gasteiger partial charge in [0.1, 0.15) is 0 Å². The second-order valence-corrected chi connectivity index (χ2v) is 1.18. The minimum absolute atomic E-state index is 0.833. The Labute approximate surface area is 58.7 Å². The van der Waals surface area contributed by atoms with E-state index in [9.17, 15) is 0 Å². The van der Waals surface area contributed by atoms with Crippen LogP contribution in [0, 0.1) is 0 Å². The number of hydrogen-bond donors (Lipinski definition) is 3. The zero-order valence-corrected chi connectivity index (χ0v) is 5.90. The number of ether oxygens (including phenoxy) is 2. The number of aliphatic hydroxyl groups excluding tert-OH is 1. The molecule has 0 aliphatic rings. The third kappa shape index (κ3) is 27.3. The van der Waals surface area contributed by atoms with Gasteiger partial charge in [-0.2, -0.15) is 0 Å². The van der Waals surface area contributed by atoms with Crippen LogP contribution in [0.15, 0.2) is 0 Å². The highest BCUT2D eigenvalue weighted by Crippen LogP contribution is 1.78. The summed E-state index contributed by atoms with van der Waals surface area (Å²) in [5, 5.41) is 8.22. The first-order chi connectivity index (χ1) is 4.54. The Morgan fingerprint density at radius 1 is 1.40 bits per heavy atom. The Hall–Kier alpha value is -0.850. The summed E-state index contributed by atoms with van der Waals surface area (Å²) in [7, 11) is 2.71. The summed E-state index contributed by atoms with van der Waals surface area (Å²) in [5.41, 5.74) is 8.50. The standard InChI is InChI=1S/C3H8O3.CH4N2O/c1-5-3(4)6-2;2-1(3)4/h3-4H,1-2H3;(H4,2,3,4). The lowest BCUT2D eigenvalue weighted by Gasteiger charge is -2.01. The van der Waals surface area contributed by atoms with Crippen molar-refractivity contribution in [1.82, 2.24) is 0 Å². The maximum absolute atomic E-state index is 9.00. The van der Waals surface area contributed by atoms with Crippen molar-refractivity contribution in [3.8, 4) is 0 Å². The van der Waals surface area contributed by atoms with E-state index >= 15 is 0 Å². The smallest absolute Gasteiger partial charge is 0.309 e. The van der Waals surface area contributed by atoms with E-state index in [0.29, 0.717) is 0 Å². The van der Waals surface area contributed by atoms with Gasteiger partial charge in [-0.1, -0.05) is 0 Å². The molecule has 0 heterocycles. The SMILES string of the molecule is COC(O)OC.NC(N)=O. The van der Waals surface area contributed by atoms with Crippen LogP contribution in [0.1, 0.15) is 0 Å². The summed E-state index contributed by atoms with van der Waals surface area (Å²) in [5.74, 6) is 0. The van der Waals surface area contributed by atoms with Crippen molar-refractivity contribution in [2.45, 2.75) is 6.48 Å². The Balaban J connectivity index is 0. The van der Waals surface area contributed by atoms with Crippen molar-refractivity contribution in [3.05, 3.63) is 0 Å². The molecule has 6 nitrogen and oxygen atoms in total. The van der Waals surface area contributed by atoms with Gasteiger partial charge in [-0.05, 0) is 0 Å². The normalized spacial score (nSPS) is 8.40. The van der Waals surface area contributed by atoms with Gasteiger partial charge in [0.05, 0.1) is 0 Å². The van der Waals surface area contributed by atoms with E-state index < -0.39 is 12.5 Å². The lowest BCUT2D eigenvalue weighted by atomic mass is 11.2. The molecule has 0 rings (SSSR count). The summed E-state index contributed by atoms with van der Waals surface area (Å²) in [6.07, 6.45) is 0. The minimum atomic E-state index is -1.06. The third-order valence-corrected chi connectivity index (χ3v) is 0.403. The number of urea groups is 1. The van der Waals surface area contributed by atoms with Crippen molar-refractivity contribution < 1.29 is 19.4 Å². The number of aliphatic hydroxyl groups is 1. The van der Waals surface area contributed by atoms with E-state index in [1.54, 1.807) is 0 Å². The molecule has 0 aromatic carbocycles. The van der Waals surface area contributed by atoms with Crippen LogP contribution in [-0.4, -0.2) is 31.8 Å². The molecule has 0 radical (unpaired) electrons. The summed E-state index contributed by atoms with van der Waals surface area (Å²) >= 11 is 0. The number of amides is 2. The van der Waals surface area contributed by atoms with E-state index in [-0.39, 0.29) is 0 Å². The zero-order chi connectivity index (χ0) is 8.57. The number of carbonyl (C=O) groups excluding carboxylic acids is 1. The molecule has 2 amide bonds. The van der Waals surface area contributed by atoms with Crippen molar-refractivity contribution in [3.63, 3.8) is 0 Å². The maximum Gasteiger partial charge on any atom is 0.309 e. The number of rotatable bonds is 2. The van der Waals surface area contributed by atoms with Gasteiger partial charge >= 0.3 is 6.03 Å². The van der Waals surface area contributed by atoms with Crippen LogP contribution in [0.5, 0.6) is 0 Å². The van der Waals surface area contributed by atoms with E-state index in [1.165, 1.54) is 14.2 Å². The number of primary amides is 2. The highest BCUT2D eigenvalue weighted by atomic mass is 16.8. The Morgan fingerprint density at radius 3 is 1.60 bits per heavy atom. The van der Waals surface area contributed by atoms with Crippen molar-refractivity contribution >= 4 is 6.03 Å². The van der Waals surface area contributed by atoms with E-state index in [4.69, 9.17) is 9.90 Å². The fourth-order valence-electron chi connectivity index (χ4n) is 0.0962. The molecule has 5 N–H and O–H groups in total. The molecule has 10 heavy (non-hydrogen) atoms. The third-order valence-electron chi connectivity index (χ3n) is 0.403. The first-order valence-corrected chi connectivity index (χ1v) is 2.33. The lowest BCUT2D eigenvalue weighted by molar-refractivity contribution is -0.236. The van der Waals surface area contributed by atoms with Crippen LogP contribution in [0.25, 0.3) is 0 Å². The average Bonchev–Trinajstić information content (AvgIpc) is 1.85. The van der Waals surface area contributed by atoms with Gasteiger partial charge < -0.3 is 26.0 Å². The quantitative estimate of drug-likeness (QED) is 0.422. The van der Waals surface area contributed by atoms with E-state index in [1.807, 2.05) is 0 Å². The number of methoxy groups -OCH3 is 2. The van der Waals surface area contributed by atoms with Gasteiger partial charge in [0.2, 0.25) is 0 Å². The van der Waals surface area contributed by atoms with E-state index in [2.05, 4.69) is 20.9 Å². The summed E-state index contributed by atoms with van der Waals surface area (Å²) in [6.45, 7) is -1.06. The highest BCUT2D eigenvalue weighted by molar-refractivity contribution is 5.69. The molecule has 0 fully saturated rings. The van der Waals surface area contributed by atoms with Gasteiger partial charge in [-0.25, -0.2) is 4.79 Å². The largest absolute Gasteiger partial charge is 0.352 e. The molecule has 0 aliphatic carbocycles. The molecular formula is C4H12N2O4.